The van der Waals surface area contributed by atoms with E-state index in [0.29, 0.717) is 14.5 Å². The zero-order chi connectivity index (χ0) is 14.0. The SMILES string of the molecule is Cc1c(C)c(C(=O)OBr)c(C(=O)OBr)c(Br)c1Br. The van der Waals surface area contributed by atoms with Crippen LogP contribution < -0.4 is 0 Å². The van der Waals surface area contributed by atoms with Crippen molar-refractivity contribution in [3.63, 3.8) is 0 Å². The molecule has 1 rings (SSSR count). The van der Waals surface area contributed by atoms with Crippen molar-refractivity contribution in [3.8, 4) is 0 Å². The number of benzene rings is 1. The Morgan fingerprint density at radius 3 is 1.72 bits per heavy atom. The van der Waals surface area contributed by atoms with Crippen molar-refractivity contribution < 1.29 is 17.2 Å². The quantitative estimate of drug-likeness (QED) is 0.577. The van der Waals surface area contributed by atoms with Gasteiger partial charge in [-0.15, -0.1) is 0 Å². The summed E-state index contributed by atoms with van der Waals surface area (Å²) in [7, 11) is 0. The Labute approximate surface area is 138 Å². The zero-order valence-corrected chi connectivity index (χ0v) is 15.5. The molecule has 0 N–H and O–H groups in total. The van der Waals surface area contributed by atoms with Crippen LogP contribution in [0.2, 0.25) is 0 Å². The number of hydrogen-bond donors (Lipinski definition) is 0. The van der Waals surface area contributed by atoms with Gasteiger partial charge in [0.1, 0.15) is 0 Å². The second-order valence-electron chi connectivity index (χ2n) is 3.36. The van der Waals surface area contributed by atoms with E-state index < -0.39 is 11.9 Å². The van der Waals surface area contributed by atoms with E-state index >= 15 is 0 Å². The van der Waals surface area contributed by atoms with Crippen LogP contribution in [0.4, 0.5) is 0 Å². The van der Waals surface area contributed by atoms with Crippen molar-refractivity contribution >= 4 is 76.3 Å². The Kier molecular flexibility index (Phi) is 5.82. The predicted molar refractivity (Wildman–Crippen MR) is 80.0 cm³/mol. The van der Waals surface area contributed by atoms with E-state index in [1.165, 1.54) is 0 Å². The van der Waals surface area contributed by atoms with Gasteiger partial charge in [-0.05, 0) is 56.8 Å². The highest BCUT2D eigenvalue weighted by molar-refractivity contribution is 9.13. The fraction of sp³-hybridized carbons (Fsp3) is 0.200. The molecule has 0 heterocycles. The maximum absolute atomic E-state index is 11.8. The maximum Gasteiger partial charge on any atom is 0.351 e. The van der Waals surface area contributed by atoms with E-state index in [1.807, 2.05) is 6.92 Å². The van der Waals surface area contributed by atoms with Gasteiger partial charge in [0.2, 0.25) is 0 Å². The van der Waals surface area contributed by atoms with E-state index in [1.54, 1.807) is 6.92 Å². The molecule has 4 nitrogen and oxygen atoms in total. The highest BCUT2D eigenvalue weighted by Gasteiger charge is 2.28. The van der Waals surface area contributed by atoms with Crippen LogP contribution in [-0.2, 0) is 7.66 Å². The highest BCUT2D eigenvalue weighted by Crippen LogP contribution is 2.36. The molecule has 0 fully saturated rings. The molecule has 1 aromatic carbocycles. The lowest BCUT2D eigenvalue weighted by Crippen LogP contribution is -2.14. The van der Waals surface area contributed by atoms with Crippen molar-refractivity contribution in [1.29, 1.82) is 0 Å². The molecule has 0 amide bonds. The van der Waals surface area contributed by atoms with Gasteiger partial charge in [0.15, 0.2) is 32.5 Å². The fourth-order valence-corrected chi connectivity index (χ4v) is 2.92. The average Bonchev–Trinajstić information content (AvgIpc) is 2.38. The van der Waals surface area contributed by atoms with Gasteiger partial charge >= 0.3 is 11.9 Å². The normalized spacial score (nSPS) is 10.1. The molecule has 0 aliphatic carbocycles. The van der Waals surface area contributed by atoms with Gasteiger partial charge in [-0.1, -0.05) is 0 Å². The molecule has 0 aliphatic rings. The third-order valence-corrected chi connectivity index (χ3v) is 5.38. The lowest BCUT2D eigenvalue weighted by molar-refractivity contribution is 0.0738. The molecule has 0 saturated heterocycles. The van der Waals surface area contributed by atoms with Crippen molar-refractivity contribution in [2.75, 3.05) is 0 Å². The summed E-state index contributed by atoms with van der Waals surface area (Å²) >= 11 is 11.8. The number of halogens is 4. The highest BCUT2D eigenvalue weighted by atomic mass is 79.9. The van der Waals surface area contributed by atoms with Gasteiger partial charge in [-0.3, -0.25) is 0 Å². The molecule has 0 spiro atoms. The van der Waals surface area contributed by atoms with Crippen LogP contribution in [0, 0.1) is 13.8 Å². The largest absolute Gasteiger partial charge is 0.380 e. The van der Waals surface area contributed by atoms with Crippen LogP contribution in [0.25, 0.3) is 0 Å². The molecule has 0 atom stereocenters. The van der Waals surface area contributed by atoms with E-state index in [2.05, 4.69) is 72.0 Å². The van der Waals surface area contributed by atoms with E-state index in [4.69, 9.17) is 0 Å². The number of hydrogen-bond acceptors (Lipinski definition) is 4. The Bertz CT molecular complexity index is 480. The zero-order valence-electron chi connectivity index (χ0n) is 9.14. The minimum absolute atomic E-state index is 0.0892. The van der Waals surface area contributed by atoms with Crippen LogP contribution in [0.3, 0.4) is 0 Å². The first-order valence-corrected chi connectivity index (χ1v) is 7.38. The summed E-state index contributed by atoms with van der Waals surface area (Å²) in [4.78, 5) is 23.5. The van der Waals surface area contributed by atoms with E-state index in [0.717, 1.165) is 5.56 Å². The van der Waals surface area contributed by atoms with E-state index in [9.17, 15) is 9.59 Å². The lowest BCUT2D eigenvalue weighted by Gasteiger charge is -2.15. The topological polar surface area (TPSA) is 52.6 Å². The molecule has 18 heavy (non-hydrogen) atoms. The predicted octanol–water partition coefficient (Wildman–Crippen LogP) is 4.76. The van der Waals surface area contributed by atoms with Crippen LogP contribution in [-0.4, -0.2) is 11.9 Å². The minimum Gasteiger partial charge on any atom is -0.380 e. The molecule has 8 heteroatoms. The monoisotopic (exact) mass is 506 g/mol. The summed E-state index contributed by atoms with van der Waals surface area (Å²) in [6.07, 6.45) is 0. The van der Waals surface area contributed by atoms with Gasteiger partial charge in [-0.25, -0.2) is 9.59 Å². The number of carbonyl (C=O) groups is 2. The molecule has 0 aromatic heterocycles. The summed E-state index contributed by atoms with van der Waals surface area (Å²) in [5, 5.41) is 0. The molecular formula is C10H6Br4O4. The first-order chi connectivity index (χ1) is 8.36. The van der Waals surface area contributed by atoms with Crippen LogP contribution in [0.1, 0.15) is 31.8 Å². The Balaban J connectivity index is 3.75. The number of carbonyl (C=O) groups excluding carboxylic acids is 2. The standard InChI is InChI=1S/C10H6Br4O4/c1-3-4(2)7(11)8(12)6(10(16)18-14)5(3)9(15)17-13/h1-2H3. The average molecular weight is 510 g/mol. The summed E-state index contributed by atoms with van der Waals surface area (Å²) in [6, 6.07) is 0. The number of rotatable bonds is 2. The maximum atomic E-state index is 11.8. The molecule has 0 radical (unpaired) electrons. The van der Waals surface area contributed by atoms with Crippen molar-refractivity contribution in [2.45, 2.75) is 13.8 Å². The Morgan fingerprint density at radius 2 is 1.28 bits per heavy atom. The lowest BCUT2D eigenvalue weighted by atomic mass is 9.97. The summed E-state index contributed by atoms with van der Waals surface area (Å²) in [5.41, 5.74) is 1.68. The van der Waals surface area contributed by atoms with Crippen LogP contribution in [0.15, 0.2) is 8.95 Å². The van der Waals surface area contributed by atoms with Crippen molar-refractivity contribution in [3.05, 3.63) is 31.2 Å². The Hall–Kier alpha value is 0.0800. The first kappa shape index (κ1) is 16.1. The second kappa shape index (κ2) is 6.49. The van der Waals surface area contributed by atoms with Gasteiger partial charge in [0.05, 0.1) is 11.1 Å². The van der Waals surface area contributed by atoms with Crippen LogP contribution >= 0.6 is 64.4 Å². The molecule has 98 valence electrons. The summed E-state index contributed by atoms with van der Waals surface area (Å²) < 4.78 is 10.1. The molecule has 0 unspecified atom stereocenters. The van der Waals surface area contributed by atoms with Gasteiger partial charge < -0.3 is 7.66 Å². The molecular weight excluding hydrogens is 504 g/mol. The van der Waals surface area contributed by atoms with E-state index in [-0.39, 0.29) is 11.1 Å². The van der Waals surface area contributed by atoms with Crippen LogP contribution in [0.5, 0.6) is 0 Å². The fourth-order valence-electron chi connectivity index (χ4n) is 1.45. The molecule has 1 aromatic rings. The molecule has 0 saturated carbocycles. The smallest absolute Gasteiger partial charge is 0.351 e. The van der Waals surface area contributed by atoms with Crippen molar-refractivity contribution in [2.24, 2.45) is 0 Å². The molecule has 0 aliphatic heterocycles. The van der Waals surface area contributed by atoms with Gasteiger partial charge in [-0.2, -0.15) is 0 Å². The minimum atomic E-state index is -0.696. The summed E-state index contributed by atoms with van der Waals surface area (Å²) in [6.45, 7) is 3.54. The third kappa shape index (κ3) is 2.81. The summed E-state index contributed by atoms with van der Waals surface area (Å²) in [5.74, 6) is -1.37. The second-order valence-corrected chi connectivity index (χ2v) is 5.59. The van der Waals surface area contributed by atoms with Gasteiger partial charge in [0.25, 0.3) is 0 Å². The Morgan fingerprint density at radius 1 is 0.833 bits per heavy atom. The van der Waals surface area contributed by atoms with Gasteiger partial charge in [0, 0.05) is 8.95 Å². The first-order valence-electron chi connectivity index (χ1n) is 4.50. The van der Waals surface area contributed by atoms with Crippen molar-refractivity contribution in [1.82, 2.24) is 0 Å². The third-order valence-electron chi connectivity index (χ3n) is 2.48. The molecule has 0 bridgehead atoms.